The highest BCUT2D eigenvalue weighted by molar-refractivity contribution is 7.92. The standard InChI is InChI=1S/C23H21N3O5S/c1-32(29,30)26-20-15-9-8-14-19(20)23(28)31-16-21(27)24-25-22(17-10-4-2-5-11-17)18-12-6-3-7-13-18/h2-15,26H,16H2,1H3,(H,24,27). The molecule has 0 radical (unpaired) electrons. The van der Waals surface area contributed by atoms with E-state index in [1.807, 2.05) is 60.7 Å². The number of benzene rings is 3. The Balaban J connectivity index is 1.69. The van der Waals surface area contributed by atoms with E-state index in [0.29, 0.717) is 5.71 Å². The van der Waals surface area contributed by atoms with Crippen LogP contribution in [0, 0.1) is 0 Å². The van der Waals surface area contributed by atoms with Crippen LogP contribution in [-0.2, 0) is 19.6 Å². The average Bonchev–Trinajstić information content (AvgIpc) is 2.78. The Morgan fingerprint density at radius 1 is 0.844 bits per heavy atom. The van der Waals surface area contributed by atoms with Gasteiger partial charge in [0.15, 0.2) is 6.61 Å². The molecule has 3 aromatic rings. The van der Waals surface area contributed by atoms with E-state index in [-0.39, 0.29) is 11.3 Å². The summed E-state index contributed by atoms with van der Waals surface area (Å²) in [6.07, 6.45) is 0.970. The number of para-hydroxylation sites is 1. The van der Waals surface area contributed by atoms with Gasteiger partial charge < -0.3 is 4.74 Å². The molecule has 8 nitrogen and oxygen atoms in total. The molecule has 3 aromatic carbocycles. The van der Waals surface area contributed by atoms with Crippen molar-refractivity contribution in [2.24, 2.45) is 5.10 Å². The zero-order valence-corrected chi connectivity index (χ0v) is 18.0. The molecule has 0 atom stereocenters. The summed E-state index contributed by atoms with van der Waals surface area (Å²) in [5.41, 5.74) is 4.61. The largest absolute Gasteiger partial charge is 0.452 e. The predicted octanol–water partition coefficient (Wildman–Crippen LogP) is 2.78. The van der Waals surface area contributed by atoms with Gasteiger partial charge in [0.1, 0.15) is 0 Å². The van der Waals surface area contributed by atoms with Gasteiger partial charge in [-0.2, -0.15) is 5.10 Å². The van der Waals surface area contributed by atoms with E-state index in [0.717, 1.165) is 17.4 Å². The fourth-order valence-electron chi connectivity index (χ4n) is 2.80. The van der Waals surface area contributed by atoms with Crippen LogP contribution in [-0.4, -0.2) is 38.9 Å². The lowest BCUT2D eigenvalue weighted by Gasteiger charge is -2.10. The lowest BCUT2D eigenvalue weighted by atomic mass is 10.0. The van der Waals surface area contributed by atoms with Crippen LogP contribution >= 0.6 is 0 Å². The van der Waals surface area contributed by atoms with Crippen molar-refractivity contribution in [3.8, 4) is 0 Å². The second-order valence-corrected chi connectivity index (χ2v) is 8.47. The molecular weight excluding hydrogens is 430 g/mol. The third kappa shape index (κ3) is 6.51. The van der Waals surface area contributed by atoms with Gasteiger partial charge >= 0.3 is 5.97 Å². The third-order valence-corrected chi connectivity index (χ3v) is 4.75. The number of esters is 1. The molecule has 0 unspecified atom stereocenters. The number of nitrogens with zero attached hydrogens (tertiary/aromatic N) is 1. The number of ether oxygens (including phenoxy) is 1. The van der Waals surface area contributed by atoms with Gasteiger partial charge in [-0.1, -0.05) is 72.8 Å². The molecule has 0 aromatic heterocycles. The van der Waals surface area contributed by atoms with Crippen molar-refractivity contribution in [3.63, 3.8) is 0 Å². The monoisotopic (exact) mass is 451 g/mol. The van der Waals surface area contributed by atoms with E-state index in [9.17, 15) is 18.0 Å². The first kappa shape index (κ1) is 22.7. The van der Waals surface area contributed by atoms with Crippen molar-refractivity contribution in [3.05, 3.63) is 102 Å². The van der Waals surface area contributed by atoms with Crippen molar-refractivity contribution in [1.82, 2.24) is 5.43 Å². The minimum absolute atomic E-state index is 0.0107. The van der Waals surface area contributed by atoms with Crippen LogP contribution in [0.2, 0.25) is 0 Å². The fourth-order valence-corrected chi connectivity index (χ4v) is 3.37. The maximum absolute atomic E-state index is 12.4. The van der Waals surface area contributed by atoms with Crippen LogP contribution in [0.4, 0.5) is 5.69 Å². The van der Waals surface area contributed by atoms with Gasteiger partial charge in [-0.15, -0.1) is 0 Å². The van der Waals surface area contributed by atoms with Gasteiger partial charge in [0.2, 0.25) is 10.0 Å². The minimum Gasteiger partial charge on any atom is -0.452 e. The Bertz CT molecular complexity index is 1190. The first-order valence-corrected chi connectivity index (χ1v) is 11.4. The quantitative estimate of drug-likeness (QED) is 0.311. The fraction of sp³-hybridized carbons (Fsp3) is 0.0870. The van der Waals surface area contributed by atoms with Gasteiger partial charge in [-0.05, 0) is 12.1 Å². The molecule has 0 aliphatic heterocycles. The second-order valence-electron chi connectivity index (χ2n) is 6.72. The van der Waals surface area contributed by atoms with Crippen LogP contribution < -0.4 is 10.1 Å². The molecule has 0 bridgehead atoms. The van der Waals surface area contributed by atoms with Crippen LogP contribution in [0.25, 0.3) is 0 Å². The topological polar surface area (TPSA) is 114 Å². The van der Waals surface area contributed by atoms with Crippen LogP contribution in [0.3, 0.4) is 0 Å². The van der Waals surface area contributed by atoms with E-state index in [2.05, 4.69) is 15.2 Å². The Morgan fingerprint density at radius 2 is 1.38 bits per heavy atom. The predicted molar refractivity (Wildman–Crippen MR) is 122 cm³/mol. The van der Waals surface area contributed by atoms with Gasteiger partial charge in [0.05, 0.1) is 23.2 Å². The van der Waals surface area contributed by atoms with Gasteiger partial charge in [0, 0.05) is 11.1 Å². The number of carbonyl (C=O) groups excluding carboxylic acids is 2. The molecule has 9 heteroatoms. The first-order chi connectivity index (χ1) is 15.3. The summed E-state index contributed by atoms with van der Waals surface area (Å²) >= 11 is 0. The highest BCUT2D eigenvalue weighted by Gasteiger charge is 2.16. The number of sulfonamides is 1. The van der Waals surface area contributed by atoms with E-state index in [1.54, 1.807) is 12.1 Å². The minimum atomic E-state index is -3.59. The van der Waals surface area contributed by atoms with E-state index >= 15 is 0 Å². The highest BCUT2D eigenvalue weighted by atomic mass is 32.2. The molecule has 2 N–H and O–H groups in total. The van der Waals surface area contributed by atoms with Crippen LogP contribution in [0.1, 0.15) is 21.5 Å². The van der Waals surface area contributed by atoms with Crippen molar-refractivity contribution >= 4 is 33.3 Å². The molecule has 0 fully saturated rings. The molecule has 0 saturated heterocycles. The second kappa shape index (κ2) is 10.4. The molecule has 0 spiro atoms. The zero-order chi connectivity index (χ0) is 23.0. The molecule has 1 amide bonds. The summed E-state index contributed by atoms with van der Waals surface area (Å²) in [7, 11) is -3.59. The number of hydrogen-bond acceptors (Lipinski definition) is 6. The summed E-state index contributed by atoms with van der Waals surface area (Å²) in [5.74, 6) is -1.49. The molecule has 0 aliphatic rings. The Labute approximate surface area is 186 Å². The summed E-state index contributed by atoms with van der Waals surface area (Å²) in [4.78, 5) is 24.6. The van der Waals surface area contributed by atoms with Crippen molar-refractivity contribution in [1.29, 1.82) is 0 Å². The van der Waals surface area contributed by atoms with Gasteiger partial charge in [-0.25, -0.2) is 18.6 Å². The van der Waals surface area contributed by atoms with Crippen LogP contribution in [0.15, 0.2) is 90.0 Å². The molecule has 32 heavy (non-hydrogen) atoms. The summed E-state index contributed by atoms with van der Waals surface area (Å²) in [6.45, 7) is -0.591. The zero-order valence-electron chi connectivity index (χ0n) is 17.2. The van der Waals surface area contributed by atoms with Gasteiger partial charge in [0.25, 0.3) is 5.91 Å². The smallest absolute Gasteiger partial charge is 0.340 e. The lowest BCUT2D eigenvalue weighted by molar-refractivity contribution is -0.124. The van der Waals surface area contributed by atoms with E-state index in [4.69, 9.17) is 4.74 Å². The molecule has 0 aliphatic carbocycles. The van der Waals surface area contributed by atoms with Crippen molar-refractivity contribution in [2.45, 2.75) is 0 Å². The maximum atomic E-state index is 12.4. The summed E-state index contributed by atoms with van der Waals surface area (Å²) < 4.78 is 30.2. The number of rotatable bonds is 8. The number of hydrogen-bond donors (Lipinski definition) is 2. The normalized spacial score (nSPS) is 10.7. The molecular formula is C23H21N3O5S. The lowest BCUT2D eigenvalue weighted by Crippen LogP contribution is -2.26. The SMILES string of the molecule is CS(=O)(=O)Nc1ccccc1C(=O)OCC(=O)NN=C(c1ccccc1)c1ccccc1. The third-order valence-electron chi connectivity index (χ3n) is 4.16. The average molecular weight is 452 g/mol. The van der Waals surface area contributed by atoms with Gasteiger partial charge in [-0.3, -0.25) is 9.52 Å². The number of anilines is 1. The number of nitrogens with one attached hydrogen (secondary N) is 2. The number of carbonyl (C=O) groups is 2. The molecule has 0 saturated carbocycles. The molecule has 0 heterocycles. The Morgan fingerprint density at radius 3 is 1.94 bits per heavy atom. The highest BCUT2D eigenvalue weighted by Crippen LogP contribution is 2.17. The maximum Gasteiger partial charge on any atom is 0.340 e. The van der Waals surface area contributed by atoms with Crippen molar-refractivity contribution in [2.75, 3.05) is 17.6 Å². The number of amides is 1. The number of hydrazone groups is 1. The molecule has 164 valence electrons. The summed E-state index contributed by atoms with van der Waals surface area (Å²) in [5, 5.41) is 4.22. The Hall–Kier alpha value is -3.98. The Kier molecular flexibility index (Phi) is 7.35. The summed E-state index contributed by atoms with van der Waals surface area (Å²) in [6, 6.07) is 24.6. The van der Waals surface area contributed by atoms with E-state index < -0.39 is 28.5 Å². The molecule has 3 rings (SSSR count). The van der Waals surface area contributed by atoms with E-state index in [1.165, 1.54) is 12.1 Å². The van der Waals surface area contributed by atoms with Crippen molar-refractivity contribution < 1.29 is 22.7 Å². The first-order valence-electron chi connectivity index (χ1n) is 9.55. The van der Waals surface area contributed by atoms with Crippen LogP contribution in [0.5, 0.6) is 0 Å².